The number of rotatable bonds is 5. The van der Waals surface area contributed by atoms with Crippen LogP contribution in [0.2, 0.25) is 0 Å². The molecule has 122 valence electrons. The van der Waals surface area contributed by atoms with Gasteiger partial charge in [-0.05, 0) is 36.8 Å². The number of hydrogen-bond donors (Lipinski definition) is 2. The molecule has 0 saturated heterocycles. The van der Waals surface area contributed by atoms with Crippen LogP contribution in [0.4, 0.5) is 10.8 Å². The van der Waals surface area contributed by atoms with Crippen LogP contribution in [-0.4, -0.2) is 15.3 Å². The first-order chi connectivity index (χ1) is 11.7. The van der Waals surface area contributed by atoms with E-state index >= 15 is 0 Å². The molecule has 0 amide bonds. The Hall–Kier alpha value is -1.96. The van der Waals surface area contributed by atoms with Gasteiger partial charge in [-0.25, -0.2) is 0 Å². The minimum absolute atomic E-state index is 0.509. The molecule has 3 rings (SSSR count). The Morgan fingerprint density at radius 3 is 2.54 bits per heavy atom. The summed E-state index contributed by atoms with van der Waals surface area (Å²) >= 11 is 8.48. The number of nitrogens with zero attached hydrogens (tertiary/aromatic N) is 2. The van der Waals surface area contributed by atoms with E-state index in [-0.39, 0.29) is 0 Å². The van der Waals surface area contributed by atoms with E-state index in [1.54, 1.807) is 11.8 Å². The molecule has 0 aliphatic heterocycles. The fraction of sp³-hybridized carbons (Fsp3) is 0.118. The van der Waals surface area contributed by atoms with E-state index in [0.29, 0.717) is 10.2 Å². The first-order valence-corrected chi connectivity index (χ1v) is 9.55. The molecule has 0 unspecified atom stereocenters. The van der Waals surface area contributed by atoms with Gasteiger partial charge in [0.25, 0.3) is 0 Å². The van der Waals surface area contributed by atoms with Gasteiger partial charge in [-0.1, -0.05) is 71.1 Å². The zero-order valence-electron chi connectivity index (χ0n) is 13.0. The third-order valence-electron chi connectivity index (χ3n) is 3.14. The van der Waals surface area contributed by atoms with Crippen LogP contribution in [0.25, 0.3) is 0 Å². The highest BCUT2D eigenvalue weighted by atomic mass is 32.2. The molecular weight excluding hydrogens is 356 g/mol. The highest BCUT2D eigenvalue weighted by molar-refractivity contribution is 8.00. The second kappa shape index (κ2) is 8.23. The summed E-state index contributed by atoms with van der Waals surface area (Å²) in [6.07, 6.45) is 0. The van der Waals surface area contributed by atoms with Crippen molar-refractivity contribution in [3.63, 3.8) is 0 Å². The Morgan fingerprint density at radius 2 is 1.79 bits per heavy atom. The smallest absolute Gasteiger partial charge is 0.212 e. The fourth-order valence-electron chi connectivity index (χ4n) is 1.93. The van der Waals surface area contributed by atoms with Crippen molar-refractivity contribution in [3.05, 3.63) is 65.7 Å². The maximum absolute atomic E-state index is 5.31. The Labute approximate surface area is 154 Å². The van der Waals surface area contributed by atoms with E-state index in [9.17, 15) is 0 Å². The SMILES string of the molecule is Cc1ccc(NC(=S)Nc2nnc(SCc3ccccc3)s2)cc1. The predicted molar refractivity (Wildman–Crippen MR) is 107 cm³/mol. The maximum atomic E-state index is 5.31. The van der Waals surface area contributed by atoms with Gasteiger partial charge in [0.2, 0.25) is 5.13 Å². The molecule has 2 aromatic carbocycles. The van der Waals surface area contributed by atoms with Gasteiger partial charge >= 0.3 is 0 Å². The molecule has 0 saturated carbocycles. The van der Waals surface area contributed by atoms with Gasteiger partial charge in [0.15, 0.2) is 9.45 Å². The third kappa shape index (κ3) is 5.02. The van der Waals surface area contributed by atoms with Gasteiger partial charge in [-0.2, -0.15) is 0 Å². The lowest BCUT2D eigenvalue weighted by molar-refractivity contribution is 1.01. The van der Waals surface area contributed by atoms with E-state index in [4.69, 9.17) is 12.2 Å². The molecule has 2 N–H and O–H groups in total. The van der Waals surface area contributed by atoms with Gasteiger partial charge in [-0.3, -0.25) is 0 Å². The first kappa shape index (κ1) is 16.9. The lowest BCUT2D eigenvalue weighted by Gasteiger charge is -2.07. The highest BCUT2D eigenvalue weighted by Gasteiger charge is 2.07. The number of hydrogen-bond acceptors (Lipinski definition) is 5. The van der Waals surface area contributed by atoms with E-state index in [0.717, 1.165) is 15.8 Å². The van der Waals surface area contributed by atoms with Crippen LogP contribution in [0.3, 0.4) is 0 Å². The molecule has 0 aliphatic rings. The Bertz CT molecular complexity index is 800. The number of thiocarbonyl (C=S) groups is 1. The second-order valence-electron chi connectivity index (χ2n) is 5.09. The number of benzene rings is 2. The molecule has 24 heavy (non-hydrogen) atoms. The molecule has 0 radical (unpaired) electrons. The van der Waals surface area contributed by atoms with Crippen LogP contribution in [0.15, 0.2) is 58.9 Å². The second-order valence-corrected chi connectivity index (χ2v) is 7.70. The lowest BCUT2D eigenvalue weighted by Crippen LogP contribution is -2.18. The molecule has 0 fully saturated rings. The van der Waals surface area contributed by atoms with Crippen molar-refractivity contribution in [3.8, 4) is 0 Å². The van der Waals surface area contributed by atoms with Crippen molar-refractivity contribution >= 4 is 51.2 Å². The van der Waals surface area contributed by atoms with Crippen molar-refractivity contribution in [1.82, 2.24) is 10.2 Å². The van der Waals surface area contributed by atoms with Crippen molar-refractivity contribution < 1.29 is 0 Å². The summed E-state index contributed by atoms with van der Waals surface area (Å²) in [7, 11) is 0. The summed E-state index contributed by atoms with van der Waals surface area (Å²) in [5.74, 6) is 0.877. The van der Waals surface area contributed by atoms with Crippen LogP contribution in [0.1, 0.15) is 11.1 Å². The van der Waals surface area contributed by atoms with Crippen LogP contribution >= 0.6 is 35.3 Å². The summed E-state index contributed by atoms with van der Waals surface area (Å²) in [4.78, 5) is 0. The van der Waals surface area contributed by atoms with Gasteiger partial charge < -0.3 is 10.6 Å². The van der Waals surface area contributed by atoms with E-state index in [2.05, 4.69) is 39.9 Å². The zero-order chi connectivity index (χ0) is 16.8. The summed E-state index contributed by atoms with van der Waals surface area (Å²) in [6.45, 7) is 2.05. The molecule has 4 nitrogen and oxygen atoms in total. The molecule has 1 aromatic heterocycles. The minimum atomic E-state index is 0.509. The number of aryl methyl sites for hydroxylation is 1. The summed E-state index contributed by atoms with van der Waals surface area (Å²) in [5, 5.41) is 15.7. The largest absolute Gasteiger partial charge is 0.332 e. The topological polar surface area (TPSA) is 49.8 Å². The van der Waals surface area contributed by atoms with Gasteiger partial charge in [0.05, 0.1) is 0 Å². The first-order valence-electron chi connectivity index (χ1n) is 7.34. The number of aromatic nitrogens is 2. The van der Waals surface area contributed by atoms with E-state index in [1.807, 2.05) is 42.5 Å². The number of nitrogens with one attached hydrogen (secondary N) is 2. The third-order valence-corrected chi connectivity index (χ3v) is 5.39. The Balaban J connectivity index is 1.51. The van der Waals surface area contributed by atoms with Crippen molar-refractivity contribution in [2.24, 2.45) is 0 Å². The summed E-state index contributed by atoms with van der Waals surface area (Å²) in [5.41, 5.74) is 3.42. The lowest BCUT2D eigenvalue weighted by atomic mass is 10.2. The average Bonchev–Trinajstić information content (AvgIpc) is 3.03. The molecule has 1 heterocycles. The van der Waals surface area contributed by atoms with Crippen LogP contribution in [0, 0.1) is 6.92 Å². The zero-order valence-corrected chi connectivity index (χ0v) is 15.5. The minimum Gasteiger partial charge on any atom is -0.332 e. The molecule has 0 spiro atoms. The molecule has 0 aliphatic carbocycles. The molecular formula is C17H16N4S3. The molecule has 0 bridgehead atoms. The Kier molecular flexibility index (Phi) is 5.79. The van der Waals surface area contributed by atoms with Gasteiger partial charge in [-0.15, -0.1) is 10.2 Å². The van der Waals surface area contributed by atoms with Crippen LogP contribution in [0.5, 0.6) is 0 Å². The fourth-order valence-corrected chi connectivity index (χ4v) is 3.93. The van der Waals surface area contributed by atoms with E-state index < -0.39 is 0 Å². The molecule has 3 aromatic rings. The van der Waals surface area contributed by atoms with E-state index in [1.165, 1.54) is 22.5 Å². The number of anilines is 2. The normalized spacial score (nSPS) is 10.4. The maximum Gasteiger partial charge on any atom is 0.212 e. The van der Waals surface area contributed by atoms with Crippen LogP contribution in [-0.2, 0) is 5.75 Å². The summed E-state index contributed by atoms with van der Waals surface area (Å²) < 4.78 is 0.916. The van der Waals surface area contributed by atoms with Gasteiger partial charge in [0, 0.05) is 11.4 Å². The number of thioether (sulfide) groups is 1. The predicted octanol–water partition coefficient (Wildman–Crippen LogP) is 4.95. The average molecular weight is 373 g/mol. The van der Waals surface area contributed by atoms with Crippen molar-refractivity contribution in [2.75, 3.05) is 10.6 Å². The standard InChI is InChI=1S/C17H16N4S3/c1-12-7-9-14(10-8-12)18-15(22)19-16-20-21-17(24-16)23-11-13-5-3-2-4-6-13/h2-10H,11H2,1H3,(H2,18,19,20,22). The van der Waals surface area contributed by atoms with Gasteiger partial charge in [0.1, 0.15) is 0 Å². The quantitative estimate of drug-likeness (QED) is 0.488. The van der Waals surface area contributed by atoms with Crippen molar-refractivity contribution in [1.29, 1.82) is 0 Å². The highest BCUT2D eigenvalue weighted by Crippen LogP contribution is 2.28. The monoisotopic (exact) mass is 372 g/mol. The van der Waals surface area contributed by atoms with Crippen molar-refractivity contribution in [2.45, 2.75) is 17.0 Å². The van der Waals surface area contributed by atoms with Crippen LogP contribution < -0.4 is 10.6 Å². The summed E-state index contributed by atoms with van der Waals surface area (Å²) in [6, 6.07) is 18.4. The molecule has 7 heteroatoms. The molecule has 0 atom stereocenters. The Morgan fingerprint density at radius 1 is 1.04 bits per heavy atom.